The van der Waals surface area contributed by atoms with Gasteiger partial charge in [0.05, 0.1) is 7.11 Å². The summed E-state index contributed by atoms with van der Waals surface area (Å²) < 4.78 is 4.86. The van der Waals surface area contributed by atoms with Crippen LogP contribution in [0.2, 0.25) is 0 Å². The summed E-state index contributed by atoms with van der Waals surface area (Å²) in [5, 5.41) is 10.2. The Morgan fingerprint density at radius 1 is 1.24 bits per heavy atom. The lowest BCUT2D eigenvalue weighted by molar-refractivity contribution is 0.217. The number of aliphatic hydroxyl groups is 1. The minimum atomic E-state index is -0.769. The van der Waals surface area contributed by atoms with Crippen molar-refractivity contribution >= 4 is 0 Å². The van der Waals surface area contributed by atoms with Crippen LogP contribution in [0.1, 0.15) is 22.9 Å². The number of aliphatic hydroxyl groups excluding tert-OH is 1. The third kappa shape index (κ3) is 2.39. The van der Waals surface area contributed by atoms with E-state index in [9.17, 15) is 5.11 Å². The molecule has 0 amide bonds. The van der Waals surface area contributed by atoms with Crippen molar-refractivity contribution in [1.82, 2.24) is 15.0 Å². The molecule has 0 aliphatic rings. The fraction of sp³-hybridized carbons (Fsp3) is 0.250. The van der Waals surface area contributed by atoms with Crippen LogP contribution in [-0.4, -0.2) is 27.2 Å². The quantitative estimate of drug-likeness (QED) is 0.861. The van der Waals surface area contributed by atoms with E-state index in [1.54, 1.807) is 24.7 Å². The van der Waals surface area contributed by atoms with Gasteiger partial charge in [-0.05, 0) is 13.0 Å². The van der Waals surface area contributed by atoms with Crippen LogP contribution in [0, 0.1) is 6.92 Å². The molecular formula is C12H13N3O2. The molecule has 2 rings (SSSR count). The molecule has 1 N–H and O–H groups in total. The molecule has 0 radical (unpaired) electrons. The van der Waals surface area contributed by atoms with Crippen molar-refractivity contribution in [3.63, 3.8) is 0 Å². The molecule has 0 bridgehead atoms. The van der Waals surface area contributed by atoms with Gasteiger partial charge in [-0.15, -0.1) is 0 Å². The van der Waals surface area contributed by atoms with E-state index in [0.717, 1.165) is 11.3 Å². The maximum atomic E-state index is 10.2. The molecule has 1 atom stereocenters. The van der Waals surface area contributed by atoms with Crippen LogP contribution in [0.3, 0.4) is 0 Å². The molecule has 2 heterocycles. The van der Waals surface area contributed by atoms with Crippen LogP contribution < -0.4 is 4.74 Å². The van der Waals surface area contributed by atoms with Gasteiger partial charge >= 0.3 is 6.01 Å². The third-order valence-electron chi connectivity index (χ3n) is 2.49. The van der Waals surface area contributed by atoms with Gasteiger partial charge in [0, 0.05) is 35.4 Å². The van der Waals surface area contributed by atoms with E-state index in [1.807, 2.05) is 13.0 Å². The molecule has 0 aliphatic heterocycles. The summed E-state index contributed by atoms with van der Waals surface area (Å²) in [6.45, 7) is 1.85. The second-order valence-corrected chi connectivity index (χ2v) is 3.58. The maximum Gasteiger partial charge on any atom is 0.316 e. The fourth-order valence-electron chi connectivity index (χ4n) is 1.54. The lowest BCUT2D eigenvalue weighted by Gasteiger charge is -2.12. The van der Waals surface area contributed by atoms with Crippen molar-refractivity contribution in [2.75, 3.05) is 7.11 Å². The summed E-state index contributed by atoms with van der Waals surface area (Å²) in [4.78, 5) is 12.1. The highest BCUT2D eigenvalue weighted by Gasteiger charge is 2.14. The van der Waals surface area contributed by atoms with Crippen molar-refractivity contribution in [2.24, 2.45) is 0 Å². The molecule has 17 heavy (non-hydrogen) atoms. The molecule has 0 fully saturated rings. The standard InChI is InChI=1S/C12H13N3O2/c1-8-10(4-3-5-13-8)11(16)9-6-14-12(17-2)15-7-9/h3-7,11,16H,1-2H3. The summed E-state index contributed by atoms with van der Waals surface area (Å²) in [6, 6.07) is 3.90. The van der Waals surface area contributed by atoms with Crippen LogP contribution in [-0.2, 0) is 0 Å². The number of ether oxygens (including phenoxy) is 1. The first-order chi connectivity index (χ1) is 8.22. The zero-order chi connectivity index (χ0) is 12.3. The zero-order valence-electron chi connectivity index (χ0n) is 9.66. The Hall–Kier alpha value is -2.01. The van der Waals surface area contributed by atoms with E-state index in [2.05, 4.69) is 15.0 Å². The molecule has 5 nitrogen and oxygen atoms in total. The number of methoxy groups -OCH3 is 1. The molecule has 2 aromatic rings. The highest BCUT2D eigenvalue weighted by atomic mass is 16.5. The highest BCUT2D eigenvalue weighted by Crippen LogP contribution is 2.22. The number of aryl methyl sites for hydroxylation is 1. The van der Waals surface area contributed by atoms with E-state index in [-0.39, 0.29) is 6.01 Å². The Bertz CT molecular complexity index is 499. The van der Waals surface area contributed by atoms with Crippen molar-refractivity contribution < 1.29 is 9.84 Å². The minimum absolute atomic E-state index is 0.281. The van der Waals surface area contributed by atoms with Gasteiger partial charge in [-0.1, -0.05) is 6.07 Å². The summed E-state index contributed by atoms with van der Waals surface area (Å²) >= 11 is 0. The van der Waals surface area contributed by atoms with Gasteiger partial charge in [-0.3, -0.25) is 4.98 Å². The van der Waals surface area contributed by atoms with Crippen molar-refractivity contribution in [2.45, 2.75) is 13.0 Å². The molecule has 0 aliphatic carbocycles. The van der Waals surface area contributed by atoms with Gasteiger partial charge in [0.2, 0.25) is 0 Å². The van der Waals surface area contributed by atoms with Gasteiger partial charge in [-0.2, -0.15) is 0 Å². The predicted octanol–water partition coefficient (Wildman–Crippen LogP) is 1.27. The molecular weight excluding hydrogens is 218 g/mol. The Morgan fingerprint density at radius 2 is 1.94 bits per heavy atom. The lowest BCUT2D eigenvalue weighted by atomic mass is 10.0. The van der Waals surface area contributed by atoms with Gasteiger partial charge in [-0.25, -0.2) is 9.97 Å². The largest absolute Gasteiger partial charge is 0.467 e. The Labute approximate surface area is 99.2 Å². The summed E-state index contributed by atoms with van der Waals surface area (Å²) in [6.07, 6.45) is 4.01. The van der Waals surface area contributed by atoms with Crippen molar-refractivity contribution in [3.05, 3.63) is 47.5 Å². The van der Waals surface area contributed by atoms with E-state index < -0.39 is 6.10 Å². The van der Waals surface area contributed by atoms with E-state index in [4.69, 9.17) is 4.74 Å². The van der Waals surface area contributed by atoms with Gasteiger partial charge in [0.1, 0.15) is 6.10 Å². The van der Waals surface area contributed by atoms with Crippen LogP contribution in [0.25, 0.3) is 0 Å². The van der Waals surface area contributed by atoms with Gasteiger partial charge in [0.25, 0.3) is 0 Å². The average molecular weight is 231 g/mol. The molecule has 5 heteroatoms. The fourth-order valence-corrected chi connectivity index (χ4v) is 1.54. The first-order valence-corrected chi connectivity index (χ1v) is 5.18. The lowest BCUT2D eigenvalue weighted by Crippen LogP contribution is -2.04. The smallest absolute Gasteiger partial charge is 0.316 e. The first kappa shape index (κ1) is 11.5. The van der Waals surface area contributed by atoms with E-state index >= 15 is 0 Å². The monoisotopic (exact) mass is 231 g/mol. The second kappa shape index (κ2) is 4.88. The number of rotatable bonds is 3. The van der Waals surface area contributed by atoms with E-state index in [1.165, 1.54) is 7.11 Å². The van der Waals surface area contributed by atoms with E-state index in [0.29, 0.717) is 5.56 Å². The number of hydrogen-bond donors (Lipinski definition) is 1. The van der Waals surface area contributed by atoms with Crippen LogP contribution in [0.15, 0.2) is 30.7 Å². The maximum absolute atomic E-state index is 10.2. The number of hydrogen-bond acceptors (Lipinski definition) is 5. The van der Waals surface area contributed by atoms with Crippen LogP contribution in [0.5, 0.6) is 6.01 Å². The number of nitrogens with zero attached hydrogens (tertiary/aromatic N) is 3. The van der Waals surface area contributed by atoms with Crippen molar-refractivity contribution in [3.8, 4) is 6.01 Å². The van der Waals surface area contributed by atoms with Crippen LogP contribution >= 0.6 is 0 Å². The molecule has 1 unspecified atom stereocenters. The molecule has 0 aromatic carbocycles. The summed E-state index contributed by atoms with van der Waals surface area (Å²) in [5.41, 5.74) is 2.15. The molecule has 0 saturated heterocycles. The molecule has 88 valence electrons. The number of pyridine rings is 1. The molecule has 0 saturated carbocycles. The zero-order valence-corrected chi connectivity index (χ0v) is 9.66. The van der Waals surface area contributed by atoms with Crippen molar-refractivity contribution in [1.29, 1.82) is 0 Å². The average Bonchev–Trinajstić information content (AvgIpc) is 2.39. The molecule has 0 spiro atoms. The Balaban J connectivity index is 2.30. The normalized spacial score (nSPS) is 12.2. The third-order valence-corrected chi connectivity index (χ3v) is 2.49. The summed E-state index contributed by atoms with van der Waals surface area (Å²) in [5.74, 6) is 0. The minimum Gasteiger partial charge on any atom is -0.467 e. The Kier molecular flexibility index (Phi) is 3.30. The summed E-state index contributed by atoms with van der Waals surface area (Å²) in [7, 11) is 1.50. The first-order valence-electron chi connectivity index (χ1n) is 5.18. The Morgan fingerprint density at radius 3 is 2.53 bits per heavy atom. The topological polar surface area (TPSA) is 68.1 Å². The highest BCUT2D eigenvalue weighted by molar-refractivity contribution is 5.29. The predicted molar refractivity (Wildman–Crippen MR) is 61.6 cm³/mol. The molecule has 2 aromatic heterocycles. The SMILES string of the molecule is COc1ncc(C(O)c2cccnc2C)cn1. The number of aromatic nitrogens is 3. The van der Waals surface area contributed by atoms with Crippen LogP contribution in [0.4, 0.5) is 0 Å². The second-order valence-electron chi connectivity index (χ2n) is 3.58. The van der Waals surface area contributed by atoms with Gasteiger partial charge in [0.15, 0.2) is 0 Å². The van der Waals surface area contributed by atoms with Gasteiger partial charge < -0.3 is 9.84 Å².